The maximum absolute atomic E-state index is 12.5. The first-order valence-electron chi connectivity index (χ1n) is 8.09. The Morgan fingerprint density at radius 2 is 2.08 bits per heavy atom. The van der Waals surface area contributed by atoms with E-state index >= 15 is 0 Å². The Morgan fingerprint density at radius 3 is 2.73 bits per heavy atom. The van der Waals surface area contributed by atoms with Gasteiger partial charge in [0.05, 0.1) is 25.5 Å². The van der Waals surface area contributed by atoms with Gasteiger partial charge in [-0.15, -0.1) is 0 Å². The fraction of sp³-hybridized carbons (Fsp3) is 0.294. The van der Waals surface area contributed by atoms with E-state index in [1.807, 2.05) is 4.57 Å². The summed E-state index contributed by atoms with van der Waals surface area (Å²) in [4.78, 5) is 41.6. The summed E-state index contributed by atoms with van der Waals surface area (Å²) in [5.41, 5.74) is 0.427. The van der Waals surface area contributed by atoms with E-state index in [4.69, 9.17) is 4.74 Å². The van der Waals surface area contributed by atoms with Crippen LogP contribution in [0.4, 0.5) is 10.5 Å². The van der Waals surface area contributed by atoms with Crippen LogP contribution in [0.5, 0.6) is 5.75 Å². The van der Waals surface area contributed by atoms with E-state index in [-0.39, 0.29) is 12.3 Å². The van der Waals surface area contributed by atoms with Gasteiger partial charge in [0.1, 0.15) is 11.8 Å². The standard InChI is InChI=1S/C17H19N5O4/c1-26-13-4-2-12(3-5-13)22-16(24)14(20-17(22)25)10-15(23)19-7-9-21-8-6-18-11-21/h2-6,8,11,14H,7,9-10H2,1H3,(H,19,23)(H,20,25)/t14-/m1/s1. The summed E-state index contributed by atoms with van der Waals surface area (Å²) in [6, 6.07) is 5.13. The van der Waals surface area contributed by atoms with Gasteiger partial charge >= 0.3 is 6.03 Å². The Balaban J connectivity index is 1.55. The number of methoxy groups -OCH3 is 1. The van der Waals surface area contributed by atoms with Gasteiger partial charge in [-0.05, 0) is 24.3 Å². The number of carbonyl (C=O) groups is 3. The smallest absolute Gasteiger partial charge is 0.329 e. The molecule has 3 rings (SSSR count). The monoisotopic (exact) mass is 357 g/mol. The highest BCUT2D eigenvalue weighted by molar-refractivity contribution is 6.22. The van der Waals surface area contributed by atoms with Gasteiger partial charge < -0.3 is 19.9 Å². The summed E-state index contributed by atoms with van der Waals surface area (Å²) in [5, 5.41) is 5.27. The van der Waals surface area contributed by atoms with E-state index in [9.17, 15) is 14.4 Å². The second-order valence-corrected chi connectivity index (χ2v) is 5.73. The number of rotatable bonds is 7. The molecule has 1 aromatic carbocycles. The molecule has 0 saturated carbocycles. The molecule has 26 heavy (non-hydrogen) atoms. The van der Waals surface area contributed by atoms with E-state index in [2.05, 4.69) is 15.6 Å². The predicted molar refractivity (Wildman–Crippen MR) is 92.7 cm³/mol. The lowest BCUT2D eigenvalue weighted by molar-refractivity contribution is -0.125. The van der Waals surface area contributed by atoms with E-state index in [0.717, 1.165) is 4.90 Å². The highest BCUT2D eigenvalue weighted by Crippen LogP contribution is 2.23. The quantitative estimate of drug-likeness (QED) is 0.703. The fourth-order valence-corrected chi connectivity index (χ4v) is 2.65. The summed E-state index contributed by atoms with van der Waals surface area (Å²) in [6.07, 6.45) is 4.99. The van der Waals surface area contributed by atoms with Crippen LogP contribution >= 0.6 is 0 Å². The van der Waals surface area contributed by atoms with Crippen molar-refractivity contribution in [2.75, 3.05) is 18.6 Å². The lowest BCUT2D eigenvalue weighted by Gasteiger charge is -2.13. The molecule has 0 unspecified atom stereocenters. The molecule has 0 spiro atoms. The van der Waals surface area contributed by atoms with Gasteiger partial charge in [0.2, 0.25) is 5.91 Å². The van der Waals surface area contributed by atoms with Crippen LogP contribution in [-0.4, -0.2) is 47.1 Å². The van der Waals surface area contributed by atoms with E-state index in [1.165, 1.54) is 7.11 Å². The molecule has 1 saturated heterocycles. The predicted octanol–water partition coefficient (Wildman–Crippen LogP) is 0.523. The molecule has 9 nitrogen and oxygen atoms in total. The zero-order valence-electron chi connectivity index (χ0n) is 14.2. The number of hydrogen-bond acceptors (Lipinski definition) is 5. The summed E-state index contributed by atoms with van der Waals surface area (Å²) in [6.45, 7) is 0.987. The Hall–Kier alpha value is -3.36. The molecule has 4 amide bonds. The van der Waals surface area contributed by atoms with Gasteiger partial charge in [-0.3, -0.25) is 9.59 Å². The maximum atomic E-state index is 12.5. The van der Waals surface area contributed by atoms with E-state index in [1.54, 1.807) is 43.0 Å². The van der Waals surface area contributed by atoms with Crippen LogP contribution in [0.2, 0.25) is 0 Å². The Morgan fingerprint density at radius 1 is 1.31 bits per heavy atom. The second-order valence-electron chi connectivity index (χ2n) is 5.73. The van der Waals surface area contributed by atoms with Crippen LogP contribution < -0.4 is 20.3 Å². The van der Waals surface area contributed by atoms with Crippen molar-refractivity contribution in [1.82, 2.24) is 20.2 Å². The third-order valence-electron chi connectivity index (χ3n) is 3.99. The molecule has 0 aliphatic carbocycles. The number of nitrogens with one attached hydrogen (secondary N) is 2. The number of ether oxygens (including phenoxy) is 1. The summed E-state index contributed by atoms with van der Waals surface area (Å²) >= 11 is 0. The molecule has 9 heteroatoms. The highest BCUT2D eigenvalue weighted by atomic mass is 16.5. The van der Waals surface area contributed by atoms with Crippen molar-refractivity contribution >= 4 is 23.5 Å². The Bertz CT molecular complexity index is 788. The second kappa shape index (κ2) is 7.68. The van der Waals surface area contributed by atoms with Gasteiger partial charge in [0.15, 0.2) is 0 Å². The molecule has 1 aromatic heterocycles. The molecule has 1 atom stereocenters. The number of urea groups is 1. The molecular formula is C17H19N5O4. The molecule has 0 radical (unpaired) electrons. The molecule has 2 N–H and O–H groups in total. The van der Waals surface area contributed by atoms with Crippen molar-refractivity contribution in [1.29, 1.82) is 0 Å². The fourth-order valence-electron chi connectivity index (χ4n) is 2.65. The van der Waals surface area contributed by atoms with Crippen LogP contribution in [-0.2, 0) is 16.1 Å². The van der Waals surface area contributed by atoms with Crippen LogP contribution in [0.3, 0.4) is 0 Å². The van der Waals surface area contributed by atoms with E-state index in [0.29, 0.717) is 24.5 Å². The third kappa shape index (κ3) is 3.82. The number of imidazole rings is 1. The topological polar surface area (TPSA) is 106 Å². The highest BCUT2D eigenvalue weighted by Gasteiger charge is 2.39. The lowest BCUT2D eigenvalue weighted by atomic mass is 10.2. The molecule has 2 heterocycles. The summed E-state index contributed by atoms with van der Waals surface area (Å²) < 4.78 is 6.89. The van der Waals surface area contributed by atoms with Crippen LogP contribution in [0, 0.1) is 0 Å². The van der Waals surface area contributed by atoms with Gasteiger partial charge in [-0.2, -0.15) is 0 Å². The van der Waals surface area contributed by atoms with Gasteiger partial charge in [-0.1, -0.05) is 0 Å². The van der Waals surface area contributed by atoms with Crippen molar-refractivity contribution in [3.63, 3.8) is 0 Å². The first kappa shape index (κ1) is 17.5. The Labute approximate surface area is 149 Å². The van der Waals surface area contributed by atoms with E-state index < -0.39 is 18.0 Å². The van der Waals surface area contributed by atoms with Crippen molar-refractivity contribution < 1.29 is 19.1 Å². The lowest BCUT2D eigenvalue weighted by Crippen LogP contribution is -2.37. The minimum absolute atomic E-state index is 0.110. The minimum atomic E-state index is -0.877. The van der Waals surface area contributed by atoms with Crippen LogP contribution in [0.1, 0.15) is 6.42 Å². The first-order chi connectivity index (χ1) is 12.6. The summed E-state index contributed by atoms with van der Waals surface area (Å²) in [5.74, 6) is -0.139. The third-order valence-corrected chi connectivity index (χ3v) is 3.99. The van der Waals surface area contributed by atoms with Crippen molar-refractivity contribution in [3.05, 3.63) is 43.0 Å². The normalized spacial score (nSPS) is 16.5. The number of carbonyl (C=O) groups excluding carboxylic acids is 3. The molecule has 0 bridgehead atoms. The molecule has 2 aromatic rings. The zero-order chi connectivity index (χ0) is 18.5. The number of benzene rings is 1. The van der Waals surface area contributed by atoms with Gasteiger partial charge in [0.25, 0.3) is 5.91 Å². The number of hydrogen-bond donors (Lipinski definition) is 2. The number of nitrogens with zero attached hydrogens (tertiary/aromatic N) is 3. The van der Waals surface area contributed by atoms with Crippen molar-refractivity contribution in [3.8, 4) is 5.75 Å². The molecular weight excluding hydrogens is 338 g/mol. The molecule has 136 valence electrons. The largest absolute Gasteiger partial charge is 0.497 e. The molecule has 1 fully saturated rings. The zero-order valence-corrected chi connectivity index (χ0v) is 14.2. The number of aromatic nitrogens is 2. The average molecular weight is 357 g/mol. The number of imide groups is 1. The number of anilines is 1. The maximum Gasteiger partial charge on any atom is 0.329 e. The Kier molecular flexibility index (Phi) is 5.16. The molecule has 1 aliphatic heterocycles. The molecule has 1 aliphatic rings. The first-order valence-corrected chi connectivity index (χ1v) is 8.09. The average Bonchev–Trinajstić information content (AvgIpc) is 3.24. The SMILES string of the molecule is COc1ccc(N2C(=O)N[C@H](CC(=O)NCCn3ccnc3)C2=O)cc1. The van der Waals surface area contributed by atoms with Gasteiger partial charge in [-0.25, -0.2) is 14.7 Å². The summed E-state index contributed by atoms with van der Waals surface area (Å²) in [7, 11) is 1.53. The van der Waals surface area contributed by atoms with Crippen molar-refractivity contribution in [2.24, 2.45) is 0 Å². The minimum Gasteiger partial charge on any atom is -0.497 e. The van der Waals surface area contributed by atoms with Crippen molar-refractivity contribution in [2.45, 2.75) is 19.0 Å². The number of amides is 4. The van der Waals surface area contributed by atoms with Crippen LogP contribution in [0.25, 0.3) is 0 Å². The van der Waals surface area contributed by atoms with Gasteiger partial charge in [0, 0.05) is 25.5 Å². The van der Waals surface area contributed by atoms with Crippen LogP contribution in [0.15, 0.2) is 43.0 Å².